The zero-order valence-electron chi connectivity index (χ0n) is 15.3. The minimum Gasteiger partial charge on any atom is -0.491 e. The van der Waals surface area contributed by atoms with Crippen LogP contribution < -0.4 is 20.1 Å². The van der Waals surface area contributed by atoms with Gasteiger partial charge in [0.2, 0.25) is 10.0 Å². The molecule has 0 spiro atoms. The Morgan fingerprint density at radius 1 is 1.04 bits per heavy atom. The van der Waals surface area contributed by atoms with Crippen molar-refractivity contribution in [3.8, 4) is 5.75 Å². The van der Waals surface area contributed by atoms with Gasteiger partial charge in [0.15, 0.2) is 0 Å². The highest BCUT2D eigenvalue weighted by Gasteiger charge is 2.06. The lowest BCUT2D eigenvalue weighted by molar-refractivity contribution is 0.107. The van der Waals surface area contributed by atoms with Crippen LogP contribution in [0.15, 0.2) is 42.5 Å². The van der Waals surface area contributed by atoms with Gasteiger partial charge in [-0.05, 0) is 42.5 Å². The van der Waals surface area contributed by atoms with Crippen LogP contribution in [-0.4, -0.2) is 52.1 Å². The van der Waals surface area contributed by atoms with Gasteiger partial charge in [-0.25, -0.2) is 8.42 Å². The monoisotopic (exact) mass is 447 g/mol. The summed E-state index contributed by atoms with van der Waals surface area (Å²) in [5.74, 6) is 0.541. The predicted octanol–water partition coefficient (Wildman–Crippen LogP) is 2.81. The lowest BCUT2D eigenvalue weighted by Crippen LogP contribution is -2.34. The van der Waals surface area contributed by atoms with Gasteiger partial charge in [0, 0.05) is 31.0 Å². The summed E-state index contributed by atoms with van der Waals surface area (Å²) in [7, 11) is -3.31. The molecule has 0 aliphatic rings. The highest BCUT2D eigenvalue weighted by Crippen LogP contribution is 2.24. The Bertz CT molecular complexity index is 864. The van der Waals surface area contributed by atoms with Crippen LogP contribution in [0.5, 0.6) is 5.75 Å². The fourth-order valence-corrected chi connectivity index (χ4v) is 3.12. The maximum atomic E-state index is 11.2. The quantitative estimate of drug-likeness (QED) is 0.395. The molecule has 0 aliphatic heterocycles. The molecule has 2 rings (SSSR count). The first-order valence-corrected chi connectivity index (χ1v) is 11.2. The number of benzene rings is 2. The molecule has 0 fully saturated rings. The van der Waals surface area contributed by atoms with Crippen LogP contribution in [0.25, 0.3) is 0 Å². The molecule has 10 heteroatoms. The molecule has 0 unspecified atom stereocenters. The van der Waals surface area contributed by atoms with Crippen molar-refractivity contribution in [3.05, 3.63) is 52.5 Å². The second kappa shape index (κ2) is 10.7. The van der Waals surface area contributed by atoms with E-state index in [-0.39, 0.29) is 6.61 Å². The number of ether oxygens (including phenoxy) is 1. The Kier molecular flexibility index (Phi) is 8.65. The molecule has 0 saturated heterocycles. The van der Waals surface area contributed by atoms with Crippen molar-refractivity contribution in [3.63, 3.8) is 0 Å². The van der Waals surface area contributed by atoms with Crippen molar-refractivity contribution >= 4 is 44.6 Å². The van der Waals surface area contributed by atoms with E-state index in [9.17, 15) is 13.5 Å². The number of nitrogens with one attached hydrogen (secondary N) is 3. The van der Waals surface area contributed by atoms with Gasteiger partial charge < -0.3 is 20.5 Å². The normalized spacial score (nSPS) is 12.4. The average Bonchev–Trinajstić information content (AvgIpc) is 2.62. The van der Waals surface area contributed by atoms with Crippen molar-refractivity contribution in [1.29, 1.82) is 0 Å². The van der Waals surface area contributed by atoms with Gasteiger partial charge in [-0.15, -0.1) is 0 Å². The summed E-state index contributed by atoms with van der Waals surface area (Å²) < 4.78 is 30.2. The SMILES string of the molecule is CS(=O)(=O)Nc1ccc(OC[C@H](O)CNCCNc2ccc(Cl)c(Cl)c2)cc1. The van der Waals surface area contributed by atoms with Gasteiger partial charge in [-0.1, -0.05) is 23.2 Å². The smallest absolute Gasteiger partial charge is 0.229 e. The minimum atomic E-state index is -3.31. The number of rotatable bonds is 11. The summed E-state index contributed by atoms with van der Waals surface area (Å²) in [6, 6.07) is 11.8. The maximum Gasteiger partial charge on any atom is 0.229 e. The molecule has 0 aliphatic carbocycles. The Balaban J connectivity index is 1.62. The summed E-state index contributed by atoms with van der Waals surface area (Å²) in [6.07, 6.45) is 0.403. The van der Waals surface area contributed by atoms with Crippen LogP contribution in [-0.2, 0) is 10.0 Å². The highest BCUT2D eigenvalue weighted by molar-refractivity contribution is 7.92. The van der Waals surface area contributed by atoms with Crippen LogP contribution in [0.2, 0.25) is 10.0 Å². The molecule has 0 aromatic heterocycles. The van der Waals surface area contributed by atoms with E-state index in [0.29, 0.717) is 41.1 Å². The van der Waals surface area contributed by atoms with Gasteiger partial charge in [0.25, 0.3) is 0 Å². The van der Waals surface area contributed by atoms with E-state index in [1.165, 1.54) is 0 Å². The van der Waals surface area contributed by atoms with Crippen molar-refractivity contribution < 1.29 is 18.3 Å². The van der Waals surface area contributed by atoms with Crippen molar-refractivity contribution in [2.75, 3.05) is 42.5 Å². The van der Waals surface area contributed by atoms with E-state index in [1.54, 1.807) is 36.4 Å². The average molecular weight is 448 g/mol. The fraction of sp³-hybridized carbons (Fsp3) is 0.333. The summed E-state index contributed by atoms with van der Waals surface area (Å²) in [4.78, 5) is 0. The summed E-state index contributed by atoms with van der Waals surface area (Å²) in [5.41, 5.74) is 1.32. The van der Waals surface area contributed by atoms with Crippen molar-refractivity contribution in [2.24, 2.45) is 0 Å². The maximum absolute atomic E-state index is 11.2. The molecule has 1 atom stereocenters. The first-order chi connectivity index (χ1) is 13.2. The molecule has 0 amide bonds. The highest BCUT2D eigenvalue weighted by atomic mass is 35.5. The minimum absolute atomic E-state index is 0.117. The van der Waals surface area contributed by atoms with E-state index in [0.717, 1.165) is 11.9 Å². The number of anilines is 2. The third-order valence-corrected chi connectivity index (χ3v) is 4.88. The fourth-order valence-electron chi connectivity index (χ4n) is 2.25. The van der Waals surface area contributed by atoms with Crippen LogP contribution in [0, 0.1) is 0 Å². The van der Waals surface area contributed by atoms with E-state index >= 15 is 0 Å². The molecule has 2 aromatic rings. The summed E-state index contributed by atoms with van der Waals surface area (Å²) in [5, 5.41) is 17.3. The zero-order chi connectivity index (χ0) is 20.6. The second-order valence-corrected chi connectivity index (χ2v) is 8.69. The summed E-state index contributed by atoms with van der Waals surface area (Å²) >= 11 is 11.8. The van der Waals surface area contributed by atoms with Crippen molar-refractivity contribution in [1.82, 2.24) is 5.32 Å². The lowest BCUT2D eigenvalue weighted by Gasteiger charge is -2.14. The molecule has 0 saturated carbocycles. The number of hydrogen-bond acceptors (Lipinski definition) is 6. The van der Waals surface area contributed by atoms with E-state index in [4.69, 9.17) is 27.9 Å². The number of aliphatic hydroxyl groups excluding tert-OH is 1. The van der Waals surface area contributed by atoms with E-state index in [1.807, 2.05) is 6.07 Å². The number of halogens is 2. The molecule has 154 valence electrons. The van der Waals surface area contributed by atoms with E-state index in [2.05, 4.69) is 15.4 Å². The number of hydrogen-bond donors (Lipinski definition) is 4. The first-order valence-electron chi connectivity index (χ1n) is 8.51. The van der Waals surface area contributed by atoms with Crippen LogP contribution in [0.1, 0.15) is 0 Å². The molecular weight excluding hydrogens is 425 g/mol. The lowest BCUT2D eigenvalue weighted by atomic mass is 10.3. The van der Waals surface area contributed by atoms with Crippen LogP contribution in [0.4, 0.5) is 11.4 Å². The standard InChI is InChI=1S/C18H23Cl2N3O4S/c1-28(25,26)23-13-2-5-16(6-3-13)27-12-15(24)11-21-8-9-22-14-4-7-17(19)18(20)10-14/h2-7,10,15,21-24H,8-9,11-12H2,1H3/t15-/m1/s1. The third-order valence-electron chi connectivity index (χ3n) is 3.53. The van der Waals surface area contributed by atoms with Gasteiger partial charge >= 0.3 is 0 Å². The molecule has 4 N–H and O–H groups in total. The topological polar surface area (TPSA) is 99.7 Å². The molecular formula is C18H23Cl2N3O4S. The number of sulfonamides is 1. The molecule has 0 bridgehead atoms. The van der Waals surface area contributed by atoms with Crippen LogP contribution in [0.3, 0.4) is 0 Å². The first kappa shape index (κ1) is 22.6. The van der Waals surface area contributed by atoms with Crippen molar-refractivity contribution in [2.45, 2.75) is 6.10 Å². The molecule has 0 heterocycles. The van der Waals surface area contributed by atoms with Gasteiger partial charge in [0.1, 0.15) is 18.5 Å². The third kappa shape index (κ3) is 8.53. The van der Waals surface area contributed by atoms with Gasteiger partial charge in [-0.3, -0.25) is 4.72 Å². The van der Waals surface area contributed by atoms with Crippen LogP contribution >= 0.6 is 23.2 Å². The Morgan fingerprint density at radius 2 is 1.71 bits per heavy atom. The zero-order valence-corrected chi connectivity index (χ0v) is 17.6. The molecule has 7 nitrogen and oxygen atoms in total. The molecule has 28 heavy (non-hydrogen) atoms. The second-order valence-electron chi connectivity index (χ2n) is 6.12. The largest absolute Gasteiger partial charge is 0.491 e. The Hall–Kier alpha value is -1.71. The van der Waals surface area contributed by atoms with E-state index < -0.39 is 16.1 Å². The van der Waals surface area contributed by atoms with Gasteiger partial charge in [-0.2, -0.15) is 0 Å². The Morgan fingerprint density at radius 3 is 2.36 bits per heavy atom. The summed E-state index contributed by atoms with van der Waals surface area (Å²) in [6.45, 7) is 1.78. The molecule has 2 aromatic carbocycles. The molecule has 0 radical (unpaired) electrons. The Labute approximate surface area is 175 Å². The number of aliphatic hydroxyl groups is 1. The predicted molar refractivity (Wildman–Crippen MR) is 114 cm³/mol. The van der Waals surface area contributed by atoms with Gasteiger partial charge in [0.05, 0.1) is 16.3 Å².